The molecule has 0 saturated carbocycles. The number of carbonyl (C=O) groups is 1. The van der Waals surface area contributed by atoms with Gasteiger partial charge in [0.1, 0.15) is 11.9 Å². The summed E-state index contributed by atoms with van der Waals surface area (Å²) >= 11 is 0. The summed E-state index contributed by atoms with van der Waals surface area (Å²) in [5.74, 6) is 0.557. The molecule has 1 aromatic heterocycles. The van der Waals surface area contributed by atoms with E-state index in [4.69, 9.17) is 4.74 Å². The molecule has 0 aliphatic carbocycles. The average molecular weight is 293 g/mol. The molecule has 0 saturated heterocycles. The molecule has 2 heterocycles. The van der Waals surface area contributed by atoms with Crippen LogP contribution in [-0.2, 0) is 0 Å². The number of nitrogens with one attached hydrogen (secondary N) is 1. The summed E-state index contributed by atoms with van der Waals surface area (Å²) in [6.07, 6.45) is 6.60. The van der Waals surface area contributed by atoms with E-state index in [9.17, 15) is 4.79 Å². The largest absolute Gasteiger partial charge is 0.485 e. The van der Waals surface area contributed by atoms with E-state index in [1.807, 2.05) is 37.3 Å². The van der Waals surface area contributed by atoms with Gasteiger partial charge in [0.05, 0.1) is 11.8 Å². The Morgan fingerprint density at radius 2 is 2.18 bits per heavy atom. The van der Waals surface area contributed by atoms with Crippen LogP contribution in [-0.4, -0.2) is 23.2 Å². The minimum atomic E-state index is -0.297. The Kier molecular flexibility index (Phi) is 3.96. The van der Waals surface area contributed by atoms with Gasteiger partial charge in [-0.2, -0.15) is 5.10 Å². The molecule has 1 unspecified atom stereocenters. The van der Waals surface area contributed by atoms with Crippen molar-refractivity contribution in [2.75, 3.05) is 0 Å². The summed E-state index contributed by atoms with van der Waals surface area (Å²) in [6, 6.07) is 11.2. The third-order valence-corrected chi connectivity index (χ3v) is 3.32. The smallest absolute Gasteiger partial charge is 0.272 e. The summed E-state index contributed by atoms with van der Waals surface area (Å²) < 4.78 is 5.80. The molecule has 110 valence electrons. The highest BCUT2D eigenvalue weighted by Crippen LogP contribution is 2.28. The summed E-state index contributed by atoms with van der Waals surface area (Å²) in [4.78, 5) is 15.7. The van der Waals surface area contributed by atoms with Crippen LogP contribution in [0.15, 0.2) is 59.5 Å². The third kappa shape index (κ3) is 3.03. The molecule has 22 heavy (non-hydrogen) atoms. The lowest BCUT2D eigenvalue weighted by Gasteiger charge is -2.22. The molecule has 5 nitrogen and oxygen atoms in total. The van der Waals surface area contributed by atoms with E-state index in [1.54, 1.807) is 24.5 Å². The van der Waals surface area contributed by atoms with Crippen molar-refractivity contribution in [1.82, 2.24) is 10.4 Å². The maximum Gasteiger partial charge on any atom is 0.272 e. The van der Waals surface area contributed by atoms with Crippen LogP contribution in [0.5, 0.6) is 5.75 Å². The van der Waals surface area contributed by atoms with Crippen LogP contribution in [0.3, 0.4) is 0 Å². The molecule has 1 atom stereocenters. The van der Waals surface area contributed by atoms with Crippen molar-refractivity contribution in [3.8, 4) is 5.75 Å². The number of nitrogens with zero attached hydrogens (tertiary/aromatic N) is 2. The normalized spacial score (nSPS) is 16.6. The van der Waals surface area contributed by atoms with Crippen molar-refractivity contribution in [2.24, 2.45) is 5.10 Å². The Morgan fingerprint density at radius 1 is 1.32 bits per heavy atom. The number of hydrogen-bond acceptors (Lipinski definition) is 4. The van der Waals surface area contributed by atoms with Crippen molar-refractivity contribution in [3.05, 3.63) is 65.5 Å². The SMILES string of the molecule is CC1Oc2ccccc2C=C1/C=N/NC(=O)c1cccnc1. The summed E-state index contributed by atoms with van der Waals surface area (Å²) in [5.41, 5.74) is 4.84. The Hall–Kier alpha value is -2.95. The van der Waals surface area contributed by atoms with Crippen LogP contribution < -0.4 is 10.2 Å². The van der Waals surface area contributed by atoms with Crippen molar-refractivity contribution >= 4 is 18.2 Å². The van der Waals surface area contributed by atoms with E-state index in [-0.39, 0.29) is 12.0 Å². The zero-order valence-corrected chi connectivity index (χ0v) is 12.1. The van der Waals surface area contributed by atoms with Crippen LogP contribution in [0, 0.1) is 0 Å². The summed E-state index contributed by atoms with van der Waals surface area (Å²) in [6.45, 7) is 1.94. The van der Waals surface area contributed by atoms with Crippen molar-refractivity contribution in [2.45, 2.75) is 13.0 Å². The fraction of sp³-hybridized carbons (Fsp3) is 0.118. The average Bonchev–Trinajstić information content (AvgIpc) is 2.56. The molecule has 1 aromatic carbocycles. The van der Waals surface area contributed by atoms with Crippen molar-refractivity contribution < 1.29 is 9.53 Å². The lowest BCUT2D eigenvalue weighted by molar-refractivity contribution is 0.0954. The van der Waals surface area contributed by atoms with Crippen molar-refractivity contribution in [1.29, 1.82) is 0 Å². The number of pyridine rings is 1. The van der Waals surface area contributed by atoms with Gasteiger partial charge in [-0.3, -0.25) is 9.78 Å². The van der Waals surface area contributed by atoms with Crippen LogP contribution in [0.25, 0.3) is 6.08 Å². The van der Waals surface area contributed by atoms with Gasteiger partial charge in [0.2, 0.25) is 0 Å². The highest BCUT2D eigenvalue weighted by molar-refractivity contribution is 5.95. The number of aromatic nitrogens is 1. The molecule has 0 radical (unpaired) electrons. The minimum Gasteiger partial charge on any atom is -0.485 e. The Bertz CT molecular complexity index is 739. The van der Waals surface area contributed by atoms with Gasteiger partial charge < -0.3 is 4.74 Å². The third-order valence-electron chi connectivity index (χ3n) is 3.32. The van der Waals surface area contributed by atoms with Crippen LogP contribution in [0.1, 0.15) is 22.8 Å². The van der Waals surface area contributed by atoms with Gasteiger partial charge in [0, 0.05) is 23.5 Å². The van der Waals surface area contributed by atoms with Gasteiger partial charge in [0.25, 0.3) is 5.91 Å². The molecule has 0 fully saturated rings. The summed E-state index contributed by atoms with van der Waals surface area (Å²) in [7, 11) is 0. The number of amides is 1. The first-order valence-corrected chi connectivity index (χ1v) is 6.95. The molecule has 0 bridgehead atoms. The van der Waals surface area contributed by atoms with E-state index >= 15 is 0 Å². The number of ether oxygens (including phenoxy) is 1. The van der Waals surface area contributed by atoms with E-state index in [2.05, 4.69) is 15.5 Å². The second kappa shape index (κ2) is 6.22. The van der Waals surface area contributed by atoms with Crippen LogP contribution in [0.4, 0.5) is 0 Å². The van der Waals surface area contributed by atoms with Gasteiger partial charge >= 0.3 is 0 Å². The highest BCUT2D eigenvalue weighted by Gasteiger charge is 2.16. The quantitative estimate of drug-likeness (QED) is 0.699. The second-order valence-corrected chi connectivity index (χ2v) is 4.88. The monoisotopic (exact) mass is 293 g/mol. The Labute approximate surface area is 128 Å². The fourth-order valence-corrected chi connectivity index (χ4v) is 2.13. The second-order valence-electron chi connectivity index (χ2n) is 4.88. The Morgan fingerprint density at radius 3 is 3.00 bits per heavy atom. The molecule has 1 amide bonds. The van der Waals surface area contributed by atoms with Crippen LogP contribution in [0.2, 0.25) is 0 Å². The Balaban J connectivity index is 1.71. The van der Waals surface area contributed by atoms with Gasteiger partial charge in [-0.25, -0.2) is 5.43 Å². The molecule has 3 rings (SSSR count). The first-order valence-electron chi connectivity index (χ1n) is 6.95. The molecule has 1 aliphatic heterocycles. The van der Waals surface area contributed by atoms with Crippen LogP contribution >= 0.6 is 0 Å². The number of fused-ring (bicyclic) bond motifs is 1. The summed E-state index contributed by atoms with van der Waals surface area (Å²) in [5, 5.41) is 3.99. The predicted octanol–water partition coefficient (Wildman–Crippen LogP) is 2.66. The van der Waals surface area contributed by atoms with Gasteiger partial charge in [-0.15, -0.1) is 0 Å². The number of benzene rings is 1. The number of hydrazone groups is 1. The van der Waals surface area contributed by atoms with Gasteiger partial charge in [-0.1, -0.05) is 18.2 Å². The molecule has 2 aromatic rings. The lowest BCUT2D eigenvalue weighted by Crippen LogP contribution is -2.22. The molecule has 5 heteroatoms. The number of para-hydroxylation sites is 1. The number of hydrogen-bond donors (Lipinski definition) is 1. The van der Waals surface area contributed by atoms with E-state index in [0.29, 0.717) is 5.56 Å². The van der Waals surface area contributed by atoms with Crippen molar-refractivity contribution in [3.63, 3.8) is 0 Å². The fourth-order valence-electron chi connectivity index (χ4n) is 2.13. The maximum atomic E-state index is 11.9. The maximum absolute atomic E-state index is 11.9. The van der Waals surface area contributed by atoms with E-state index < -0.39 is 0 Å². The molecule has 1 N–H and O–H groups in total. The predicted molar refractivity (Wildman–Crippen MR) is 84.7 cm³/mol. The van der Waals surface area contributed by atoms with Gasteiger partial charge in [0.15, 0.2) is 0 Å². The standard InChI is InChI=1S/C17H15N3O2/c1-12-15(9-13-5-2-3-7-16(13)22-12)11-19-20-17(21)14-6-4-8-18-10-14/h2-12H,1H3,(H,20,21)/b19-11+. The molecule has 0 spiro atoms. The topological polar surface area (TPSA) is 63.6 Å². The zero-order chi connectivity index (χ0) is 15.4. The number of carbonyl (C=O) groups excluding carboxylic acids is 1. The molecular weight excluding hydrogens is 278 g/mol. The zero-order valence-electron chi connectivity index (χ0n) is 12.1. The van der Waals surface area contributed by atoms with E-state index in [1.165, 1.54) is 6.20 Å². The van der Waals surface area contributed by atoms with E-state index in [0.717, 1.165) is 16.9 Å². The minimum absolute atomic E-state index is 0.117. The highest BCUT2D eigenvalue weighted by atomic mass is 16.5. The number of rotatable bonds is 3. The first kappa shape index (κ1) is 14.0. The molecular formula is C17H15N3O2. The van der Waals surface area contributed by atoms with Gasteiger partial charge in [-0.05, 0) is 31.2 Å². The lowest BCUT2D eigenvalue weighted by atomic mass is 10.0. The first-order chi connectivity index (χ1) is 10.7. The molecule has 1 aliphatic rings.